The van der Waals surface area contributed by atoms with Crippen LogP contribution in [0, 0.1) is 0 Å². The van der Waals surface area contributed by atoms with Crippen LogP contribution in [0.3, 0.4) is 0 Å². The molecule has 0 amide bonds. The molecule has 0 atom stereocenters. The normalized spacial score (nSPS) is 26.8. The fourth-order valence-corrected chi connectivity index (χ4v) is 0.625. The Morgan fingerprint density at radius 2 is 1.00 bits per heavy atom. The quantitative estimate of drug-likeness (QED) is 0.311. The lowest BCUT2D eigenvalue weighted by Gasteiger charge is -2.31. The summed E-state index contributed by atoms with van der Waals surface area (Å²) in [5.74, 6) is -5.16. The molecule has 0 heterocycles. The molecule has 0 aliphatic heterocycles. The first-order chi connectivity index (χ1) is 4.46. The monoisotopic (exact) mass is 144 g/mol. The number of rotatable bonds is 0. The summed E-state index contributed by atoms with van der Waals surface area (Å²) >= 11 is 0. The van der Waals surface area contributed by atoms with Gasteiger partial charge >= 0.3 is 0 Å². The Morgan fingerprint density at radius 1 is 0.700 bits per heavy atom. The summed E-state index contributed by atoms with van der Waals surface area (Å²) in [4.78, 5) is 0. The standard InChI is InChI=1S/C6H8O4/c7-5(8)3-1-2-4-6(5,9)10/h1-4,7-10H. The van der Waals surface area contributed by atoms with Crippen LogP contribution >= 0.6 is 0 Å². The van der Waals surface area contributed by atoms with E-state index in [1.165, 1.54) is 12.2 Å². The van der Waals surface area contributed by atoms with E-state index in [0.717, 1.165) is 12.2 Å². The van der Waals surface area contributed by atoms with Gasteiger partial charge in [-0.15, -0.1) is 0 Å². The highest BCUT2D eigenvalue weighted by atomic mass is 16.6. The minimum atomic E-state index is -2.58. The summed E-state index contributed by atoms with van der Waals surface area (Å²) in [5.41, 5.74) is 0. The summed E-state index contributed by atoms with van der Waals surface area (Å²) in [6.07, 6.45) is 4.38. The number of hydrogen-bond donors (Lipinski definition) is 4. The fraction of sp³-hybridized carbons (Fsp3) is 0.333. The van der Waals surface area contributed by atoms with Crippen LogP contribution in [0.15, 0.2) is 24.3 Å². The molecule has 10 heavy (non-hydrogen) atoms. The zero-order chi connectivity index (χ0) is 7.83. The third kappa shape index (κ3) is 0.975. The molecule has 0 saturated heterocycles. The molecule has 0 radical (unpaired) electrons. The van der Waals surface area contributed by atoms with E-state index in [2.05, 4.69) is 0 Å². The smallest absolute Gasteiger partial charge is 0.243 e. The first kappa shape index (κ1) is 7.43. The van der Waals surface area contributed by atoms with Crippen LogP contribution < -0.4 is 0 Å². The highest BCUT2D eigenvalue weighted by Gasteiger charge is 2.44. The molecule has 0 unspecified atom stereocenters. The molecule has 4 nitrogen and oxygen atoms in total. The Labute approximate surface area is 57.4 Å². The van der Waals surface area contributed by atoms with E-state index in [9.17, 15) is 0 Å². The topological polar surface area (TPSA) is 80.9 Å². The minimum absolute atomic E-state index is 0.882. The Balaban J connectivity index is 2.96. The third-order valence-corrected chi connectivity index (χ3v) is 1.31. The summed E-state index contributed by atoms with van der Waals surface area (Å²) in [7, 11) is 0. The van der Waals surface area contributed by atoms with E-state index >= 15 is 0 Å². The van der Waals surface area contributed by atoms with Crippen molar-refractivity contribution >= 4 is 0 Å². The molecular weight excluding hydrogens is 136 g/mol. The van der Waals surface area contributed by atoms with Crippen LogP contribution in [0.2, 0.25) is 0 Å². The van der Waals surface area contributed by atoms with Gasteiger partial charge in [-0.3, -0.25) is 0 Å². The molecule has 0 saturated carbocycles. The van der Waals surface area contributed by atoms with Gasteiger partial charge in [0.05, 0.1) is 0 Å². The molecule has 0 aromatic carbocycles. The van der Waals surface area contributed by atoms with Crippen molar-refractivity contribution in [2.45, 2.75) is 11.6 Å². The number of aliphatic hydroxyl groups is 4. The van der Waals surface area contributed by atoms with Crippen LogP contribution in [0.25, 0.3) is 0 Å². The van der Waals surface area contributed by atoms with Crippen molar-refractivity contribution in [3.8, 4) is 0 Å². The van der Waals surface area contributed by atoms with Crippen LogP contribution in [0.1, 0.15) is 0 Å². The molecule has 4 N–H and O–H groups in total. The molecule has 0 spiro atoms. The zero-order valence-electron chi connectivity index (χ0n) is 5.10. The van der Waals surface area contributed by atoms with Crippen molar-refractivity contribution in [3.05, 3.63) is 24.3 Å². The van der Waals surface area contributed by atoms with Gasteiger partial charge in [-0.25, -0.2) is 0 Å². The van der Waals surface area contributed by atoms with Gasteiger partial charge in [0.1, 0.15) is 0 Å². The second-order valence-electron chi connectivity index (χ2n) is 2.17. The number of allylic oxidation sites excluding steroid dienone is 2. The van der Waals surface area contributed by atoms with E-state index in [1.54, 1.807) is 0 Å². The van der Waals surface area contributed by atoms with E-state index < -0.39 is 11.6 Å². The van der Waals surface area contributed by atoms with E-state index in [4.69, 9.17) is 20.4 Å². The van der Waals surface area contributed by atoms with Gasteiger partial charge in [-0.2, -0.15) is 0 Å². The number of hydrogen-bond acceptors (Lipinski definition) is 4. The van der Waals surface area contributed by atoms with Crippen molar-refractivity contribution in [2.24, 2.45) is 0 Å². The first-order valence-corrected chi connectivity index (χ1v) is 2.72. The molecule has 56 valence electrons. The van der Waals surface area contributed by atoms with Crippen LogP contribution in [-0.2, 0) is 0 Å². The van der Waals surface area contributed by atoms with Crippen molar-refractivity contribution in [3.63, 3.8) is 0 Å². The summed E-state index contributed by atoms with van der Waals surface area (Å²) in [6.45, 7) is 0. The van der Waals surface area contributed by atoms with E-state index in [-0.39, 0.29) is 0 Å². The largest absolute Gasteiger partial charge is 0.358 e. The van der Waals surface area contributed by atoms with Crippen LogP contribution in [-0.4, -0.2) is 32.0 Å². The highest BCUT2D eigenvalue weighted by molar-refractivity contribution is 5.21. The van der Waals surface area contributed by atoms with Crippen molar-refractivity contribution in [1.29, 1.82) is 0 Å². The Kier molecular flexibility index (Phi) is 1.41. The second-order valence-corrected chi connectivity index (χ2v) is 2.17. The molecule has 4 heteroatoms. The molecule has 1 aliphatic carbocycles. The van der Waals surface area contributed by atoms with Crippen molar-refractivity contribution in [1.82, 2.24) is 0 Å². The predicted octanol–water partition coefficient (Wildman–Crippen LogP) is -1.53. The van der Waals surface area contributed by atoms with Gasteiger partial charge in [0, 0.05) is 0 Å². The molecule has 0 aromatic rings. The van der Waals surface area contributed by atoms with Crippen LogP contribution in [0.5, 0.6) is 0 Å². The average Bonchev–Trinajstić information content (AvgIpc) is 1.77. The van der Waals surface area contributed by atoms with Crippen molar-refractivity contribution in [2.75, 3.05) is 0 Å². The molecule has 0 aromatic heterocycles. The lowest BCUT2D eigenvalue weighted by molar-refractivity contribution is -0.308. The maximum Gasteiger partial charge on any atom is 0.243 e. The average molecular weight is 144 g/mol. The lowest BCUT2D eigenvalue weighted by Crippen LogP contribution is -2.52. The lowest BCUT2D eigenvalue weighted by atomic mass is 10.0. The van der Waals surface area contributed by atoms with E-state index in [1.807, 2.05) is 0 Å². The van der Waals surface area contributed by atoms with Gasteiger partial charge in [-0.1, -0.05) is 12.2 Å². The molecule has 1 rings (SSSR count). The fourth-order valence-electron chi connectivity index (χ4n) is 0.625. The van der Waals surface area contributed by atoms with Crippen molar-refractivity contribution < 1.29 is 20.4 Å². The van der Waals surface area contributed by atoms with Gasteiger partial charge < -0.3 is 20.4 Å². The Morgan fingerprint density at radius 3 is 1.20 bits per heavy atom. The highest BCUT2D eigenvalue weighted by Crippen LogP contribution is 2.22. The molecule has 0 fully saturated rings. The summed E-state index contributed by atoms with van der Waals surface area (Å²) in [6, 6.07) is 0. The Bertz CT molecular complexity index is 168. The van der Waals surface area contributed by atoms with E-state index in [0.29, 0.717) is 0 Å². The first-order valence-electron chi connectivity index (χ1n) is 2.72. The summed E-state index contributed by atoms with van der Waals surface area (Å²) < 4.78 is 0. The SMILES string of the molecule is OC1(O)C=CC=CC1(O)O. The maximum absolute atomic E-state index is 8.82. The van der Waals surface area contributed by atoms with Gasteiger partial charge in [0.2, 0.25) is 11.6 Å². The van der Waals surface area contributed by atoms with Gasteiger partial charge in [0.25, 0.3) is 0 Å². The molecule has 0 bridgehead atoms. The predicted molar refractivity (Wildman–Crippen MR) is 32.6 cm³/mol. The zero-order valence-corrected chi connectivity index (χ0v) is 5.10. The minimum Gasteiger partial charge on any atom is -0.358 e. The van der Waals surface area contributed by atoms with Gasteiger partial charge in [0.15, 0.2) is 0 Å². The van der Waals surface area contributed by atoms with Gasteiger partial charge in [-0.05, 0) is 12.2 Å². The molecule has 1 aliphatic rings. The summed E-state index contributed by atoms with van der Waals surface area (Å²) in [5, 5.41) is 35.3. The van der Waals surface area contributed by atoms with Crippen LogP contribution in [0.4, 0.5) is 0 Å². The second kappa shape index (κ2) is 1.90. The molecular formula is C6H8O4. The maximum atomic E-state index is 8.82. The Hall–Kier alpha value is -0.680. The third-order valence-electron chi connectivity index (χ3n) is 1.31.